The van der Waals surface area contributed by atoms with Crippen LogP contribution in [-0.2, 0) is 0 Å². The predicted molar refractivity (Wildman–Crippen MR) is 59.8 cm³/mol. The Morgan fingerprint density at radius 2 is 1.87 bits per heavy atom. The van der Waals surface area contributed by atoms with Crippen LogP contribution in [0.25, 0.3) is 11.1 Å². The summed E-state index contributed by atoms with van der Waals surface area (Å²) >= 11 is 0. The predicted octanol–water partition coefficient (Wildman–Crippen LogP) is 2.87. The van der Waals surface area contributed by atoms with Gasteiger partial charge in [0.25, 0.3) is 0 Å². The Kier molecular flexibility index (Phi) is 2.59. The van der Waals surface area contributed by atoms with E-state index in [9.17, 15) is 4.79 Å². The quantitative estimate of drug-likeness (QED) is 0.693. The fourth-order valence-electron chi connectivity index (χ4n) is 1.54. The van der Waals surface area contributed by atoms with E-state index in [2.05, 4.69) is 4.98 Å². The zero-order valence-corrected chi connectivity index (χ0v) is 8.47. The van der Waals surface area contributed by atoms with Crippen LogP contribution < -0.4 is 0 Å². The van der Waals surface area contributed by atoms with Gasteiger partial charge < -0.3 is 0 Å². The lowest BCUT2D eigenvalue weighted by Crippen LogP contribution is -1.85. The van der Waals surface area contributed by atoms with E-state index >= 15 is 0 Å². The van der Waals surface area contributed by atoms with Gasteiger partial charge in [0.05, 0.1) is 0 Å². The Hall–Kier alpha value is -1.96. The molecule has 0 aliphatic rings. The average Bonchev–Trinajstić information content (AvgIpc) is 2.30. The van der Waals surface area contributed by atoms with Crippen molar-refractivity contribution in [3.8, 4) is 11.1 Å². The Morgan fingerprint density at radius 3 is 2.47 bits per heavy atom. The van der Waals surface area contributed by atoms with Crippen molar-refractivity contribution in [1.82, 2.24) is 4.98 Å². The lowest BCUT2D eigenvalue weighted by atomic mass is 10.0. The van der Waals surface area contributed by atoms with Crippen LogP contribution in [0.5, 0.6) is 0 Å². The Morgan fingerprint density at radius 1 is 1.13 bits per heavy atom. The molecule has 0 saturated carbocycles. The van der Waals surface area contributed by atoms with Crippen molar-refractivity contribution in [1.29, 1.82) is 0 Å². The molecular weight excluding hydrogens is 186 g/mol. The highest BCUT2D eigenvalue weighted by molar-refractivity contribution is 5.77. The van der Waals surface area contributed by atoms with Crippen molar-refractivity contribution in [3.63, 3.8) is 0 Å². The Balaban J connectivity index is 2.46. The van der Waals surface area contributed by atoms with Crippen LogP contribution >= 0.6 is 0 Å². The average molecular weight is 197 g/mol. The minimum absolute atomic E-state index is 0.699. The molecule has 2 heteroatoms. The van der Waals surface area contributed by atoms with Gasteiger partial charge >= 0.3 is 0 Å². The van der Waals surface area contributed by atoms with Crippen LogP contribution in [0.4, 0.5) is 0 Å². The number of hydrogen-bond donors (Lipinski definition) is 0. The van der Waals surface area contributed by atoms with Gasteiger partial charge in [-0.2, -0.15) is 0 Å². The molecule has 0 aliphatic heterocycles. The van der Waals surface area contributed by atoms with Gasteiger partial charge in [0.1, 0.15) is 6.29 Å². The van der Waals surface area contributed by atoms with E-state index in [1.54, 1.807) is 6.20 Å². The standard InChI is InChI=1S/C13H11NO/c1-10-8-14-7-6-13(10)12-4-2-11(9-15)3-5-12/h2-9H,1H3. The minimum atomic E-state index is 0.699. The molecule has 0 N–H and O–H groups in total. The number of aldehydes is 1. The number of aromatic nitrogens is 1. The third kappa shape index (κ3) is 1.94. The second kappa shape index (κ2) is 4.05. The molecule has 0 spiro atoms. The largest absolute Gasteiger partial charge is 0.298 e. The second-order valence-corrected chi connectivity index (χ2v) is 3.43. The summed E-state index contributed by atoms with van der Waals surface area (Å²) in [4.78, 5) is 14.6. The van der Waals surface area contributed by atoms with E-state index in [1.807, 2.05) is 43.5 Å². The minimum Gasteiger partial charge on any atom is -0.298 e. The fraction of sp³-hybridized carbons (Fsp3) is 0.0769. The van der Waals surface area contributed by atoms with E-state index in [4.69, 9.17) is 0 Å². The number of nitrogens with zero attached hydrogens (tertiary/aromatic N) is 1. The summed E-state index contributed by atoms with van der Waals surface area (Å²) in [5.41, 5.74) is 4.10. The number of carbonyl (C=O) groups excluding carboxylic acids is 1. The van der Waals surface area contributed by atoms with Gasteiger partial charge in [-0.25, -0.2) is 0 Å². The van der Waals surface area contributed by atoms with Crippen LogP contribution in [0.3, 0.4) is 0 Å². The first kappa shape index (κ1) is 9.59. The number of hydrogen-bond acceptors (Lipinski definition) is 2. The number of carbonyl (C=O) groups is 1. The van der Waals surface area contributed by atoms with Crippen LogP contribution in [0.1, 0.15) is 15.9 Å². The summed E-state index contributed by atoms with van der Waals surface area (Å²) in [5, 5.41) is 0. The lowest BCUT2D eigenvalue weighted by molar-refractivity contribution is 0.112. The zero-order valence-electron chi connectivity index (χ0n) is 8.47. The summed E-state index contributed by atoms with van der Waals surface area (Å²) in [6.07, 6.45) is 4.46. The van der Waals surface area contributed by atoms with Crippen molar-refractivity contribution in [2.24, 2.45) is 0 Å². The third-order valence-corrected chi connectivity index (χ3v) is 2.38. The molecule has 0 aliphatic carbocycles. The molecule has 0 amide bonds. The number of aryl methyl sites for hydroxylation is 1. The maximum atomic E-state index is 10.5. The van der Waals surface area contributed by atoms with E-state index in [0.29, 0.717) is 5.56 Å². The molecule has 0 fully saturated rings. The lowest BCUT2D eigenvalue weighted by Gasteiger charge is -2.04. The molecule has 1 aromatic carbocycles. The second-order valence-electron chi connectivity index (χ2n) is 3.43. The molecule has 1 heterocycles. The van der Waals surface area contributed by atoms with Gasteiger partial charge in [-0.05, 0) is 29.7 Å². The monoisotopic (exact) mass is 197 g/mol. The molecule has 15 heavy (non-hydrogen) atoms. The van der Waals surface area contributed by atoms with Crippen molar-refractivity contribution in [2.45, 2.75) is 6.92 Å². The molecule has 2 aromatic rings. The SMILES string of the molecule is Cc1cnccc1-c1ccc(C=O)cc1. The third-order valence-electron chi connectivity index (χ3n) is 2.38. The molecule has 0 saturated heterocycles. The molecule has 2 rings (SSSR count). The molecule has 0 atom stereocenters. The molecule has 74 valence electrons. The summed E-state index contributed by atoms with van der Waals surface area (Å²) in [5.74, 6) is 0. The van der Waals surface area contributed by atoms with Gasteiger partial charge in [-0.3, -0.25) is 9.78 Å². The normalized spacial score (nSPS) is 9.93. The number of benzene rings is 1. The maximum absolute atomic E-state index is 10.5. The first-order chi connectivity index (χ1) is 7.31. The van der Waals surface area contributed by atoms with Crippen molar-refractivity contribution in [2.75, 3.05) is 0 Å². The first-order valence-electron chi connectivity index (χ1n) is 4.77. The van der Waals surface area contributed by atoms with Crippen molar-refractivity contribution in [3.05, 3.63) is 53.9 Å². The van der Waals surface area contributed by atoms with Crippen molar-refractivity contribution >= 4 is 6.29 Å². The first-order valence-corrected chi connectivity index (χ1v) is 4.77. The molecular formula is C13H11NO. The van der Waals surface area contributed by atoms with E-state index in [0.717, 1.165) is 23.0 Å². The molecule has 0 bridgehead atoms. The fourth-order valence-corrected chi connectivity index (χ4v) is 1.54. The Labute approximate surface area is 88.6 Å². The van der Waals surface area contributed by atoms with Gasteiger partial charge in [0, 0.05) is 18.0 Å². The van der Waals surface area contributed by atoms with Crippen LogP contribution in [-0.4, -0.2) is 11.3 Å². The summed E-state index contributed by atoms with van der Waals surface area (Å²) in [6, 6.07) is 9.52. The van der Waals surface area contributed by atoms with Gasteiger partial charge in [-0.1, -0.05) is 24.3 Å². The van der Waals surface area contributed by atoms with E-state index in [1.165, 1.54) is 0 Å². The van der Waals surface area contributed by atoms with Crippen molar-refractivity contribution < 1.29 is 4.79 Å². The highest BCUT2D eigenvalue weighted by atomic mass is 16.1. The number of rotatable bonds is 2. The molecule has 1 aromatic heterocycles. The maximum Gasteiger partial charge on any atom is 0.150 e. The Bertz CT molecular complexity index is 474. The molecule has 2 nitrogen and oxygen atoms in total. The number of pyridine rings is 1. The van der Waals surface area contributed by atoms with E-state index < -0.39 is 0 Å². The highest BCUT2D eigenvalue weighted by Gasteiger charge is 2.00. The van der Waals surface area contributed by atoms with Crippen LogP contribution in [0.15, 0.2) is 42.7 Å². The van der Waals surface area contributed by atoms with E-state index in [-0.39, 0.29) is 0 Å². The van der Waals surface area contributed by atoms with Crippen LogP contribution in [0, 0.1) is 6.92 Å². The van der Waals surface area contributed by atoms with Gasteiger partial charge in [0.15, 0.2) is 0 Å². The van der Waals surface area contributed by atoms with Gasteiger partial charge in [-0.15, -0.1) is 0 Å². The zero-order chi connectivity index (χ0) is 10.7. The summed E-state index contributed by atoms with van der Waals surface area (Å²) in [6.45, 7) is 2.02. The molecule has 0 radical (unpaired) electrons. The molecule has 0 unspecified atom stereocenters. The summed E-state index contributed by atoms with van der Waals surface area (Å²) in [7, 11) is 0. The topological polar surface area (TPSA) is 30.0 Å². The van der Waals surface area contributed by atoms with Gasteiger partial charge in [0.2, 0.25) is 0 Å². The summed E-state index contributed by atoms with van der Waals surface area (Å²) < 4.78 is 0. The van der Waals surface area contributed by atoms with Crippen LogP contribution in [0.2, 0.25) is 0 Å². The smallest absolute Gasteiger partial charge is 0.150 e. The highest BCUT2D eigenvalue weighted by Crippen LogP contribution is 2.22.